The summed E-state index contributed by atoms with van der Waals surface area (Å²) in [4.78, 5) is 23.0. The van der Waals surface area contributed by atoms with Crippen molar-refractivity contribution in [3.8, 4) is 0 Å². The molecule has 4 nitrogen and oxygen atoms in total. The molecule has 2 N–H and O–H groups in total. The van der Waals surface area contributed by atoms with Crippen LogP contribution in [0.15, 0.2) is 30.3 Å². The average molecular weight is 273 g/mol. The SMILES string of the molecule is O=C(O)C1CC1C(=O)NC(c1ccccc1)C1CCC1. The fourth-order valence-corrected chi connectivity index (χ4v) is 2.92. The molecule has 0 radical (unpaired) electrons. The molecular formula is C16H19NO3. The molecule has 1 amide bonds. The topological polar surface area (TPSA) is 66.4 Å². The second kappa shape index (κ2) is 5.27. The summed E-state index contributed by atoms with van der Waals surface area (Å²) in [5.74, 6) is -1.28. The summed E-state index contributed by atoms with van der Waals surface area (Å²) in [5.41, 5.74) is 1.12. The standard InChI is InChI=1S/C16H19NO3/c18-15(12-9-13(12)16(19)20)17-14(11-7-4-8-11)10-5-2-1-3-6-10/h1-3,5-6,11-14H,4,7-9H2,(H,17,18)(H,19,20). The number of benzene rings is 1. The maximum absolute atomic E-state index is 12.2. The average Bonchev–Trinajstić information content (AvgIpc) is 3.17. The summed E-state index contributed by atoms with van der Waals surface area (Å²) in [6, 6.07) is 10.0. The molecule has 0 aromatic heterocycles. The van der Waals surface area contributed by atoms with Gasteiger partial charge in [0.25, 0.3) is 0 Å². The van der Waals surface area contributed by atoms with Crippen LogP contribution in [0.25, 0.3) is 0 Å². The number of aliphatic carboxylic acids is 1. The van der Waals surface area contributed by atoms with Gasteiger partial charge >= 0.3 is 5.97 Å². The van der Waals surface area contributed by atoms with Gasteiger partial charge in [-0.25, -0.2) is 0 Å². The van der Waals surface area contributed by atoms with Crippen LogP contribution < -0.4 is 5.32 Å². The first-order valence-corrected chi connectivity index (χ1v) is 7.25. The van der Waals surface area contributed by atoms with Crippen molar-refractivity contribution in [2.75, 3.05) is 0 Å². The number of carbonyl (C=O) groups excluding carboxylic acids is 1. The lowest BCUT2D eigenvalue weighted by atomic mass is 9.77. The van der Waals surface area contributed by atoms with Crippen molar-refractivity contribution in [3.05, 3.63) is 35.9 Å². The molecule has 2 aliphatic rings. The predicted octanol–water partition coefficient (Wildman–Crippen LogP) is 2.36. The van der Waals surface area contributed by atoms with Gasteiger partial charge in [0, 0.05) is 0 Å². The van der Waals surface area contributed by atoms with Crippen LogP contribution in [-0.2, 0) is 9.59 Å². The summed E-state index contributed by atoms with van der Waals surface area (Å²) < 4.78 is 0. The summed E-state index contributed by atoms with van der Waals surface area (Å²) in [7, 11) is 0. The first kappa shape index (κ1) is 13.2. The molecular weight excluding hydrogens is 254 g/mol. The Kier molecular flexibility index (Phi) is 3.47. The Balaban J connectivity index is 1.68. The van der Waals surface area contributed by atoms with Crippen LogP contribution in [0.3, 0.4) is 0 Å². The van der Waals surface area contributed by atoms with Crippen molar-refractivity contribution < 1.29 is 14.7 Å². The van der Waals surface area contributed by atoms with Crippen LogP contribution in [0, 0.1) is 17.8 Å². The Morgan fingerprint density at radius 1 is 1.15 bits per heavy atom. The van der Waals surface area contributed by atoms with Gasteiger partial charge < -0.3 is 10.4 Å². The van der Waals surface area contributed by atoms with Gasteiger partial charge in [0.15, 0.2) is 0 Å². The van der Waals surface area contributed by atoms with E-state index >= 15 is 0 Å². The van der Waals surface area contributed by atoms with Crippen molar-refractivity contribution in [1.82, 2.24) is 5.32 Å². The molecule has 0 bridgehead atoms. The van der Waals surface area contributed by atoms with E-state index in [4.69, 9.17) is 5.11 Å². The molecule has 3 unspecified atom stereocenters. The van der Waals surface area contributed by atoms with Gasteiger partial charge in [0.05, 0.1) is 17.9 Å². The smallest absolute Gasteiger partial charge is 0.307 e. The monoisotopic (exact) mass is 273 g/mol. The number of hydrogen-bond donors (Lipinski definition) is 2. The first-order valence-electron chi connectivity index (χ1n) is 7.25. The predicted molar refractivity (Wildman–Crippen MR) is 73.9 cm³/mol. The molecule has 2 saturated carbocycles. The fraction of sp³-hybridized carbons (Fsp3) is 0.500. The van der Waals surface area contributed by atoms with Gasteiger partial charge in [-0.05, 0) is 30.7 Å². The van der Waals surface area contributed by atoms with Crippen molar-refractivity contribution in [2.24, 2.45) is 17.8 Å². The molecule has 0 heterocycles. The Hall–Kier alpha value is -1.84. The van der Waals surface area contributed by atoms with E-state index in [0.717, 1.165) is 18.4 Å². The summed E-state index contributed by atoms with van der Waals surface area (Å²) in [6.07, 6.45) is 3.96. The summed E-state index contributed by atoms with van der Waals surface area (Å²) >= 11 is 0. The van der Waals surface area contributed by atoms with E-state index in [1.165, 1.54) is 6.42 Å². The lowest BCUT2D eigenvalue weighted by molar-refractivity contribution is -0.140. The van der Waals surface area contributed by atoms with Crippen molar-refractivity contribution >= 4 is 11.9 Å². The quantitative estimate of drug-likeness (QED) is 0.865. The number of nitrogens with one attached hydrogen (secondary N) is 1. The second-order valence-electron chi connectivity index (χ2n) is 5.87. The number of rotatable bonds is 5. The first-order chi connectivity index (χ1) is 9.66. The van der Waals surface area contributed by atoms with Crippen LogP contribution in [-0.4, -0.2) is 17.0 Å². The van der Waals surface area contributed by atoms with Gasteiger partial charge in [-0.15, -0.1) is 0 Å². The van der Waals surface area contributed by atoms with E-state index in [-0.39, 0.29) is 17.9 Å². The maximum Gasteiger partial charge on any atom is 0.307 e. The minimum atomic E-state index is -0.856. The van der Waals surface area contributed by atoms with Crippen LogP contribution in [0.1, 0.15) is 37.3 Å². The maximum atomic E-state index is 12.2. The van der Waals surface area contributed by atoms with E-state index in [1.54, 1.807) is 0 Å². The highest BCUT2D eigenvalue weighted by Gasteiger charge is 2.49. The molecule has 0 aliphatic heterocycles. The minimum absolute atomic E-state index is 0.0347. The van der Waals surface area contributed by atoms with Crippen LogP contribution >= 0.6 is 0 Å². The van der Waals surface area contributed by atoms with E-state index in [2.05, 4.69) is 5.32 Å². The fourth-order valence-electron chi connectivity index (χ4n) is 2.92. The Labute approximate surface area is 118 Å². The zero-order valence-electron chi connectivity index (χ0n) is 11.3. The van der Waals surface area contributed by atoms with E-state index in [1.807, 2.05) is 30.3 Å². The molecule has 2 fully saturated rings. The van der Waals surface area contributed by atoms with Crippen molar-refractivity contribution in [3.63, 3.8) is 0 Å². The Morgan fingerprint density at radius 2 is 1.85 bits per heavy atom. The highest BCUT2D eigenvalue weighted by Crippen LogP contribution is 2.41. The molecule has 1 aromatic carbocycles. The molecule has 4 heteroatoms. The Morgan fingerprint density at radius 3 is 2.35 bits per heavy atom. The number of carboxylic acid groups (broad SMARTS) is 1. The third kappa shape index (κ3) is 2.55. The zero-order chi connectivity index (χ0) is 14.1. The molecule has 3 atom stereocenters. The van der Waals surface area contributed by atoms with Gasteiger partial charge in [-0.2, -0.15) is 0 Å². The lowest BCUT2D eigenvalue weighted by Crippen LogP contribution is -2.37. The van der Waals surface area contributed by atoms with Gasteiger partial charge in [0.1, 0.15) is 0 Å². The van der Waals surface area contributed by atoms with Crippen molar-refractivity contribution in [2.45, 2.75) is 31.7 Å². The zero-order valence-corrected chi connectivity index (χ0v) is 11.3. The highest BCUT2D eigenvalue weighted by molar-refractivity contribution is 5.89. The van der Waals surface area contributed by atoms with Gasteiger partial charge in [-0.3, -0.25) is 9.59 Å². The summed E-state index contributed by atoms with van der Waals surface area (Å²) in [6.45, 7) is 0. The van der Waals surface area contributed by atoms with Gasteiger partial charge in [-0.1, -0.05) is 36.8 Å². The minimum Gasteiger partial charge on any atom is -0.481 e. The molecule has 0 spiro atoms. The third-order valence-corrected chi connectivity index (χ3v) is 4.52. The molecule has 3 rings (SSSR count). The molecule has 20 heavy (non-hydrogen) atoms. The molecule has 106 valence electrons. The number of hydrogen-bond acceptors (Lipinski definition) is 2. The molecule has 1 aromatic rings. The number of carboxylic acids is 1. The third-order valence-electron chi connectivity index (χ3n) is 4.52. The van der Waals surface area contributed by atoms with Crippen molar-refractivity contribution in [1.29, 1.82) is 0 Å². The summed E-state index contributed by atoms with van der Waals surface area (Å²) in [5, 5.41) is 12.0. The number of carbonyl (C=O) groups is 2. The largest absolute Gasteiger partial charge is 0.481 e. The molecule has 0 saturated heterocycles. The van der Waals surface area contributed by atoms with Gasteiger partial charge in [0.2, 0.25) is 5.91 Å². The van der Waals surface area contributed by atoms with E-state index < -0.39 is 11.9 Å². The second-order valence-corrected chi connectivity index (χ2v) is 5.87. The molecule has 2 aliphatic carbocycles. The highest BCUT2D eigenvalue weighted by atomic mass is 16.4. The number of amides is 1. The van der Waals surface area contributed by atoms with E-state index in [9.17, 15) is 9.59 Å². The lowest BCUT2D eigenvalue weighted by Gasteiger charge is -2.34. The van der Waals surface area contributed by atoms with Crippen LogP contribution in [0.2, 0.25) is 0 Å². The van der Waals surface area contributed by atoms with Crippen LogP contribution in [0.4, 0.5) is 0 Å². The Bertz CT molecular complexity index is 510. The van der Waals surface area contributed by atoms with E-state index in [0.29, 0.717) is 12.3 Å². The normalized spacial score (nSPS) is 26.4. The van der Waals surface area contributed by atoms with Crippen LogP contribution in [0.5, 0.6) is 0 Å².